The van der Waals surface area contributed by atoms with Crippen LogP contribution < -0.4 is 0 Å². The largest absolute Gasteiger partial charge is 0.271 e. The Bertz CT molecular complexity index is 994. The number of hydrogen-bond donors (Lipinski definition) is 0. The van der Waals surface area contributed by atoms with Crippen molar-refractivity contribution in [1.82, 2.24) is 18.4 Å². The highest BCUT2D eigenvalue weighted by molar-refractivity contribution is 7.91. The lowest BCUT2D eigenvalue weighted by Crippen LogP contribution is -2.37. The van der Waals surface area contributed by atoms with Gasteiger partial charge in [-0.2, -0.15) is 13.7 Å². The molecule has 0 amide bonds. The molecule has 0 unspecified atom stereocenters. The smallest absolute Gasteiger partial charge is 0.252 e. The van der Waals surface area contributed by atoms with Crippen LogP contribution in [0, 0.1) is 13.8 Å². The second kappa shape index (κ2) is 7.04. The third-order valence-electron chi connectivity index (χ3n) is 4.54. The highest BCUT2D eigenvalue weighted by atomic mass is 32.2. The zero-order valence-electron chi connectivity index (χ0n) is 14.9. The van der Waals surface area contributed by atoms with Crippen molar-refractivity contribution in [3.05, 3.63) is 28.9 Å². The molecular weight excluding hydrogens is 396 g/mol. The summed E-state index contributed by atoms with van der Waals surface area (Å²) >= 11 is 1.17. The Kier molecular flexibility index (Phi) is 5.28. The summed E-state index contributed by atoms with van der Waals surface area (Å²) in [6.45, 7) is 4.24. The van der Waals surface area contributed by atoms with Crippen LogP contribution in [0.4, 0.5) is 0 Å². The van der Waals surface area contributed by atoms with Gasteiger partial charge in [-0.25, -0.2) is 16.8 Å². The fourth-order valence-electron chi connectivity index (χ4n) is 3.14. The summed E-state index contributed by atoms with van der Waals surface area (Å²) in [5.41, 5.74) is 1.03. The molecule has 2 aromatic heterocycles. The minimum absolute atomic E-state index is 0.126. The quantitative estimate of drug-likeness (QED) is 0.743. The van der Waals surface area contributed by atoms with Crippen LogP contribution in [-0.4, -0.2) is 61.4 Å². The average Bonchev–Trinajstić information content (AvgIpc) is 3.09. The molecule has 0 spiro atoms. The Labute approximate surface area is 158 Å². The van der Waals surface area contributed by atoms with Crippen LogP contribution in [0.2, 0.25) is 0 Å². The fraction of sp³-hybridized carbons (Fsp3) is 0.533. The minimum Gasteiger partial charge on any atom is -0.271 e. The lowest BCUT2D eigenvalue weighted by Gasteiger charge is -2.21. The first-order valence-corrected chi connectivity index (χ1v) is 12.0. The van der Waals surface area contributed by atoms with Gasteiger partial charge >= 0.3 is 0 Å². The topological polar surface area (TPSA) is 92.6 Å². The van der Waals surface area contributed by atoms with E-state index in [0.717, 1.165) is 0 Å². The normalized spacial score (nSPS) is 18.1. The minimum atomic E-state index is -3.72. The van der Waals surface area contributed by atoms with Gasteiger partial charge in [-0.15, -0.1) is 11.3 Å². The van der Waals surface area contributed by atoms with Crippen LogP contribution in [0.25, 0.3) is 0 Å². The molecule has 0 atom stereocenters. The van der Waals surface area contributed by atoms with E-state index in [9.17, 15) is 16.8 Å². The summed E-state index contributed by atoms with van der Waals surface area (Å²) in [5.74, 6) is 0. The molecule has 0 aliphatic carbocycles. The summed E-state index contributed by atoms with van der Waals surface area (Å²) in [7, 11) is -5.58. The molecule has 8 nitrogen and oxygen atoms in total. The van der Waals surface area contributed by atoms with Crippen molar-refractivity contribution in [3.63, 3.8) is 0 Å². The molecule has 0 bridgehead atoms. The van der Waals surface area contributed by atoms with Crippen molar-refractivity contribution < 1.29 is 16.8 Å². The van der Waals surface area contributed by atoms with E-state index in [1.54, 1.807) is 43.1 Å². The Morgan fingerprint density at radius 3 is 2.12 bits per heavy atom. The van der Waals surface area contributed by atoms with Gasteiger partial charge in [0.1, 0.15) is 9.10 Å². The standard InChI is InChI=1S/C15H22N4O4S3/c1-12-15(13(2)17(3)16-12)26(22,23)19-8-5-7-18(9-10-19)25(20,21)14-6-4-11-24-14/h4,6,11H,5,7-10H2,1-3H3. The van der Waals surface area contributed by atoms with E-state index in [2.05, 4.69) is 5.10 Å². The predicted molar refractivity (Wildman–Crippen MR) is 99.1 cm³/mol. The van der Waals surface area contributed by atoms with Gasteiger partial charge in [0, 0.05) is 33.2 Å². The highest BCUT2D eigenvalue weighted by Crippen LogP contribution is 2.26. The van der Waals surface area contributed by atoms with E-state index in [4.69, 9.17) is 0 Å². The zero-order valence-corrected chi connectivity index (χ0v) is 17.4. The van der Waals surface area contributed by atoms with Crippen molar-refractivity contribution in [1.29, 1.82) is 0 Å². The van der Waals surface area contributed by atoms with Crippen LogP contribution in [0.5, 0.6) is 0 Å². The van der Waals surface area contributed by atoms with Gasteiger partial charge in [0.25, 0.3) is 10.0 Å². The van der Waals surface area contributed by atoms with Crippen molar-refractivity contribution in [2.45, 2.75) is 29.4 Å². The van der Waals surface area contributed by atoms with Gasteiger partial charge < -0.3 is 0 Å². The maximum absolute atomic E-state index is 13.1. The first kappa shape index (κ1) is 19.5. The Morgan fingerprint density at radius 1 is 1.00 bits per heavy atom. The van der Waals surface area contributed by atoms with Gasteiger partial charge in [0.15, 0.2) is 0 Å². The Hall–Kier alpha value is -1.27. The summed E-state index contributed by atoms with van der Waals surface area (Å²) < 4.78 is 56.1. The van der Waals surface area contributed by atoms with Gasteiger partial charge in [-0.3, -0.25) is 4.68 Å². The molecule has 1 aliphatic rings. The third-order valence-corrected chi connectivity index (χ3v) is 9.97. The molecule has 0 saturated carbocycles. The molecule has 3 rings (SSSR count). The molecule has 1 fully saturated rings. The molecule has 1 aliphatic heterocycles. The van der Waals surface area contributed by atoms with E-state index in [-0.39, 0.29) is 28.7 Å². The molecule has 2 aromatic rings. The van der Waals surface area contributed by atoms with Crippen molar-refractivity contribution in [2.75, 3.05) is 26.2 Å². The highest BCUT2D eigenvalue weighted by Gasteiger charge is 2.34. The Balaban J connectivity index is 1.85. The molecule has 0 aromatic carbocycles. The van der Waals surface area contributed by atoms with Crippen LogP contribution in [0.1, 0.15) is 17.8 Å². The van der Waals surface area contributed by atoms with Crippen LogP contribution in [0.3, 0.4) is 0 Å². The summed E-state index contributed by atoms with van der Waals surface area (Å²) in [6, 6.07) is 3.27. The molecule has 1 saturated heterocycles. The molecular formula is C15H22N4O4S3. The number of rotatable bonds is 4. The number of aromatic nitrogens is 2. The third kappa shape index (κ3) is 3.33. The monoisotopic (exact) mass is 418 g/mol. The molecule has 11 heteroatoms. The zero-order chi connectivity index (χ0) is 19.1. The first-order valence-electron chi connectivity index (χ1n) is 8.19. The SMILES string of the molecule is Cc1nn(C)c(C)c1S(=O)(=O)N1CCCN(S(=O)(=O)c2cccs2)CC1. The lowest BCUT2D eigenvalue weighted by atomic mass is 10.4. The maximum Gasteiger partial charge on any atom is 0.252 e. The number of nitrogens with zero attached hydrogens (tertiary/aromatic N) is 4. The van der Waals surface area contributed by atoms with E-state index in [0.29, 0.717) is 24.4 Å². The van der Waals surface area contributed by atoms with Crippen LogP contribution >= 0.6 is 11.3 Å². The second-order valence-corrected chi connectivity index (χ2v) is 11.2. The van der Waals surface area contributed by atoms with Crippen LogP contribution in [-0.2, 0) is 27.1 Å². The van der Waals surface area contributed by atoms with Gasteiger partial charge in [0.2, 0.25) is 10.0 Å². The van der Waals surface area contributed by atoms with Crippen molar-refractivity contribution in [3.8, 4) is 0 Å². The van der Waals surface area contributed by atoms with Gasteiger partial charge in [0.05, 0.1) is 11.4 Å². The maximum atomic E-state index is 13.1. The van der Waals surface area contributed by atoms with Crippen molar-refractivity contribution >= 4 is 31.4 Å². The number of hydrogen-bond acceptors (Lipinski definition) is 6. The fourth-order valence-corrected chi connectivity index (χ4v) is 7.63. The van der Waals surface area contributed by atoms with Crippen LogP contribution in [0.15, 0.2) is 26.6 Å². The second-order valence-electron chi connectivity index (χ2n) is 6.22. The number of aryl methyl sites for hydroxylation is 2. The molecule has 26 heavy (non-hydrogen) atoms. The van der Waals surface area contributed by atoms with E-state index >= 15 is 0 Å². The molecule has 0 radical (unpaired) electrons. The molecule has 3 heterocycles. The predicted octanol–water partition coefficient (Wildman–Crippen LogP) is 1.18. The van der Waals surface area contributed by atoms with Gasteiger partial charge in [-0.1, -0.05) is 6.07 Å². The average molecular weight is 419 g/mol. The van der Waals surface area contributed by atoms with E-state index in [1.165, 1.54) is 19.9 Å². The van der Waals surface area contributed by atoms with Gasteiger partial charge in [-0.05, 0) is 31.7 Å². The number of sulfonamides is 2. The Morgan fingerprint density at radius 2 is 1.62 bits per heavy atom. The van der Waals surface area contributed by atoms with Crippen molar-refractivity contribution in [2.24, 2.45) is 7.05 Å². The first-order chi connectivity index (χ1) is 12.2. The lowest BCUT2D eigenvalue weighted by molar-refractivity contribution is 0.405. The molecule has 144 valence electrons. The number of thiophene rings is 1. The molecule has 0 N–H and O–H groups in total. The summed E-state index contributed by atoms with van der Waals surface area (Å²) in [6.07, 6.45) is 0.447. The summed E-state index contributed by atoms with van der Waals surface area (Å²) in [5, 5.41) is 5.91. The van der Waals surface area contributed by atoms with E-state index < -0.39 is 20.0 Å². The summed E-state index contributed by atoms with van der Waals surface area (Å²) in [4.78, 5) is 0.217. The van der Waals surface area contributed by atoms with E-state index in [1.807, 2.05) is 0 Å².